The topological polar surface area (TPSA) is 65.8 Å². The number of hydrogen-bond acceptors (Lipinski definition) is 4. The van der Waals surface area contributed by atoms with E-state index in [1.807, 2.05) is 43.3 Å². The predicted molar refractivity (Wildman–Crippen MR) is 107 cm³/mol. The third-order valence-corrected chi connectivity index (χ3v) is 5.70. The maximum absolute atomic E-state index is 12.7. The summed E-state index contributed by atoms with van der Waals surface area (Å²) in [5.41, 5.74) is 2.03. The molecule has 1 unspecified atom stereocenters. The molecular formula is C22H27N3O3. The van der Waals surface area contributed by atoms with Crippen molar-refractivity contribution in [2.75, 3.05) is 24.5 Å². The van der Waals surface area contributed by atoms with Crippen LogP contribution in [0.4, 0.5) is 5.69 Å². The molecule has 1 aromatic carbocycles. The molecule has 0 saturated carbocycles. The van der Waals surface area contributed by atoms with Gasteiger partial charge >= 0.3 is 0 Å². The fraction of sp³-hybridized carbons (Fsp3) is 0.455. The number of benzene rings is 1. The van der Waals surface area contributed by atoms with E-state index in [2.05, 4.69) is 10.2 Å². The van der Waals surface area contributed by atoms with Crippen molar-refractivity contribution in [3.8, 4) is 0 Å². The Balaban J connectivity index is 1.27. The number of likely N-dealkylation sites (tertiary alicyclic amines) is 1. The summed E-state index contributed by atoms with van der Waals surface area (Å²) < 4.78 is 5.41. The van der Waals surface area contributed by atoms with Crippen molar-refractivity contribution in [1.82, 2.24) is 10.2 Å². The van der Waals surface area contributed by atoms with E-state index in [1.54, 1.807) is 11.2 Å². The lowest BCUT2D eigenvalue weighted by atomic mass is 9.95. The molecule has 0 aliphatic carbocycles. The van der Waals surface area contributed by atoms with Crippen LogP contribution in [0.25, 0.3) is 0 Å². The van der Waals surface area contributed by atoms with E-state index in [-0.39, 0.29) is 23.8 Å². The molecule has 0 bridgehead atoms. The number of nitrogens with one attached hydrogen (secondary N) is 1. The first-order valence-corrected chi connectivity index (χ1v) is 10.0. The average molecular weight is 381 g/mol. The molecule has 148 valence electrons. The van der Waals surface area contributed by atoms with Crippen molar-refractivity contribution in [3.05, 3.63) is 54.0 Å². The molecular weight excluding hydrogens is 354 g/mol. The summed E-state index contributed by atoms with van der Waals surface area (Å²) in [6, 6.07) is 11.7. The SMILES string of the molecule is Cc1cccc(N2CC(NC(=O)C3CCN(Cc4ccco4)CC3)CC2=O)c1. The van der Waals surface area contributed by atoms with Crippen LogP contribution in [-0.4, -0.2) is 42.4 Å². The second kappa shape index (κ2) is 8.19. The molecule has 0 spiro atoms. The van der Waals surface area contributed by atoms with Crippen LogP contribution < -0.4 is 10.2 Å². The van der Waals surface area contributed by atoms with E-state index in [4.69, 9.17) is 4.42 Å². The fourth-order valence-corrected chi connectivity index (χ4v) is 4.14. The van der Waals surface area contributed by atoms with Crippen LogP contribution in [0.1, 0.15) is 30.6 Å². The number of nitrogens with zero attached hydrogens (tertiary/aromatic N) is 2. The van der Waals surface area contributed by atoms with Gasteiger partial charge in [0, 0.05) is 24.6 Å². The first-order chi connectivity index (χ1) is 13.6. The molecule has 28 heavy (non-hydrogen) atoms. The molecule has 6 heteroatoms. The summed E-state index contributed by atoms with van der Waals surface area (Å²) in [6.45, 7) is 5.13. The maximum Gasteiger partial charge on any atom is 0.229 e. The van der Waals surface area contributed by atoms with Crippen molar-refractivity contribution in [1.29, 1.82) is 0 Å². The smallest absolute Gasteiger partial charge is 0.229 e. The van der Waals surface area contributed by atoms with Crippen LogP contribution in [-0.2, 0) is 16.1 Å². The molecule has 6 nitrogen and oxygen atoms in total. The van der Waals surface area contributed by atoms with Gasteiger partial charge in [-0.1, -0.05) is 12.1 Å². The van der Waals surface area contributed by atoms with Gasteiger partial charge in [-0.25, -0.2) is 0 Å². The number of amides is 2. The van der Waals surface area contributed by atoms with Crippen LogP contribution in [0, 0.1) is 12.8 Å². The molecule has 4 rings (SSSR count). The Morgan fingerprint density at radius 3 is 2.75 bits per heavy atom. The average Bonchev–Trinajstić information content (AvgIpc) is 3.32. The molecule has 2 aliphatic heterocycles. The molecule has 2 aliphatic rings. The highest BCUT2D eigenvalue weighted by molar-refractivity contribution is 5.97. The van der Waals surface area contributed by atoms with Gasteiger partial charge < -0.3 is 14.6 Å². The Bertz CT molecular complexity index is 825. The van der Waals surface area contributed by atoms with Gasteiger partial charge in [0.2, 0.25) is 11.8 Å². The van der Waals surface area contributed by atoms with E-state index in [0.29, 0.717) is 13.0 Å². The van der Waals surface area contributed by atoms with E-state index < -0.39 is 0 Å². The molecule has 1 atom stereocenters. The normalized spacial score (nSPS) is 21.2. The number of anilines is 1. The minimum Gasteiger partial charge on any atom is -0.468 e. The second-order valence-electron chi connectivity index (χ2n) is 7.88. The number of hydrogen-bond donors (Lipinski definition) is 1. The summed E-state index contributed by atoms with van der Waals surface area (Å²) in [6.07, 6.45) is 3.75. The van der Waals surface area contributed by atoms with Gasteiger partial charge in [-0.3, -0.25) is 14.5 Å². The lowest BCUT2D eigenvalue weighted by Gasteiger charge is -2.31. The van der Waals surface area contributed by atoms with Crippen molar-refractivity contribution in [3.63, 3.8) is 0 Å². The van der Waals surface area contributed by atoms with Gasteiger partial charge in [0.05, 0.1) is 18.8 Å². The minimum absolute atomic E-state index is 0.0240. The Morgan fingerprint density at radius 2 is 2.04 bits per heavy atom. The highest BCUT2D eigenvalue weighted by atomic mass is 16.3. The first kappa shape index (κ1) is 18.7. The number of carbonyl (C=O) groups is 2. The first-order valence-electron chi connectivity index (χ1n) is 10.0. The van der Waals surface area contributed by atoms with E-state index in [1.165, 1.54) is 0 Å². The van der Waals surface area contributed by atoms with E-state index in [9.17, 15) is 9.59 Å². The third kappa shape index (κ3) is 4.28. The molecule has 3 heterocycles. The zero-order valence-electron chi connectivity index (χ0n) is 16.3. The highest BCUT2D eigenvalue weighted by Gasteiger charge is 2.33. The molecule has 2 amide bonds. The number of aryl methyl sites for hydroxylation is 1. The van der Waals surface area contributed by atoms with Gasteiger partial charge in [0.1, 0.15) is 5.76 Å². The van der Waals surface area contributed by atoms with Gasteiger partial charge in [-0.2, -0.15) is 0 Å². The van der Waals surface area contributed by atoms with Crippen LogP contribution >= 0.6 is 0 Å². The van der Waals surface area contributed by atoms with Crippen LogP contribution in [0.2, 0.25) is 0 Å². The molecule has 0 radical (unpaired) electrons. The highest BCUT2D eigenvalue weighted by Crippen LogP contribution is 2.24. The van der Waals surface area contributed by atoms with Crippen LogP contribution in [0.15, 0.2) is 47.1 Å². The summed E-state index contributed by atoms with van der Waals surface area (Å²) in [5, 5.41) is 3.12. The summed E-state index contributed by atoms with van der Waals surface area (Å²) >= 11 is 0. The van der Waals surface area contributed by atoms with E-state index in [0.717, 1.165) is 49.5 Å². The zero-order chi connectivity index (χ0) is 19.5. The second-order valence-corrected chi connectivity index (χ2v) is 7.88. The van der Waals surface area contributed by atoms with Crippen LogP contribution in [0.3, 0.4) is 0 Å². The Morgan fingerprint density at radius 1 is 1.21 bits per heavy atom. The summed E-state index contributed by atoms with van der Waals surface area (Å²) in [4.78, 5) is 29.2. The van der Waals surface area contributed by atoms with Gasteiger partial charge in [-0.05, 0) is 62.7 Å². The van der Waals surface area contributed by atoms with Gasteiger partial charge in [0.25, 0.3) is 0 Å². The monoisotopic (exact) mass is 381 g/mol. The summed E-state index contributed by atoms with van der Waals surface area (Å²) in [5.74, 6) is 1.14. The van der Waals surface area contributed by atoms with Crippen molar-refractivity contribution in [2.24, 2.45) is 5.92 Å². The molecule has 1 aromatic heterocycles. The molecule has 2 fully saturated rings. The number of carbonyl (C=O) groups excluding carboxylic acids is 2. The van der Waals surface area contributed by atoms with Gasteiger partial charge in [0.15, 0.2) is 0 Å². The number of piperidine rings is 1. The standard InChI is InChI=1S/C22H27N3O3/c1-16-4-2-5-19(12-16)25-14-18(13-21(25)26)23-22(27)17-7-9-24(10-8-17)15-20-6-3-11-28-20/h2-6,11-12,17-18H,7-10,13-15H2,1H3,(H,23,27). The zero-order valence-corrected chi connectivity index (χ0v) is 16.3. The van der Waals surface area contributed by atoms with Crippen molar-refractivity contribution >= 4 is 17.5 Å². The minimum atomic E-state index is -0.110. The predicted octanol–water partition coefficient (Wildman–Crippen LogP) is 2.72. The Hall–Kier alpha value is -2.60. The molecule has 2 aromatic rings. The van der Waals surface area contributed by atoms with Gasteiger partial charge in [-0.15, -0.1) is 0 Å². The van der Waals surface area contributed by atoms with Crippen LogP contribution in [0.5, 0.6) is 0 Å². The Kier molecular flexibility index (Phi) is 5.48. The lowest BCUT2D eigenvalue weighted by Crippen LogP contribution is -2.44. The van der Waals surface area contributed by atoms with Crippen molar-refractivity contribution in [2.45, 2.75) is 38.8 Å². The lowest BCUT2D eigenvalue weighted by molar-refractivity contribution is -0.127. The maximum atomic E-state index is 12.7. The van der Waals surface area contributed by atoms with Crippen molar-refractivity contribution < 1.29 is 14.0 Å². The Labute approximate surface area is 165 Å². The molecule has 1 N–H and O–H groups in total. The number of furan rings is 1. The largest absolute Gasteiger partial charge is 0.468 e. The molecule has 2 saturated heterocycles. The third-order valence-electron chi connectivity index (χ3n) is 5.70. The fourth-order valence-electron chi connectivity index (χ4n) is 4.14. The van der Waals surface area contributed by atoms with E-state index >= 15 is 0 Å². The summed E-state index contributed by atoms with van der Waals surface area (Å²) in [7, 11) is 0. The number of rotatable bonds is 5. The quantitative estimate of drug-likeness (QED) is 0.865.